The molecule has 2 aromatic carbocycles. The number of rotatable bonds is 6. The van der Waals surface area contributed by atoms with Gasteiger partial charge in [0, 0.05) is 17.9 Å². The van der Waals surface area contributed by atoms with E-state index in [4.69, 9.17) is 11.6 Å². The average Bonchev–Trinajstić information content (AvgIpc) is 2.77. The van der Waals surface area contributed by atoms with Crippen molar-refractivity contribution in [3.05, 3.63) is 59.7 Å². The maximum atomic E-state index is 12.6. The second-order valence-electron chi connectivity index (χ2n) is 7.57. The molecule has 6 nitrogen and oxygen atoms in total. The zero-order valence-electron chi connectivity index (χ0n) is 16.4. The van der Waals surface area contributed by atoms with Gasteiger partial charge < -0.3 is 5.73 Å². The zero-order valence-corrected chi connectivity index (χ0v) is 16.4. The van der Waals surface area contributed by atoms with Crippen LogP contribution in [-0.2, 0) is 11.2 Å². The van der Waals surface area contributed by atoms with Crippen LogP contribution in [-0.4, -0.2) is 22.9 Å². The Morgan fingerprint density at radius 1 is 1.00 bits per heavy atom. The molecule has 0 bridgehead atoms. The molecule has 29 heavy (non-hydrogen) atoms. The third kappa shape index (κ3) is 5.01. The van der Waals surface area contributed by atoms with Crippen molar-refractivity contribution < 1.29 is 9.59 Å². The minimum atomic E-state index is -0.690. The molecule has 0 heterocycles. The van der Waals surface area contributed by atoms with E-state index in [1.165, 1.54) is 0 Å². The fourth-order valence-electron chi connectivity index (χ4n) is 3.80. The first-order valence-electron chi connectivity index (χ1n) is 9.96. The molecule has 1 fully saturated rings. The Morgan fingerprint density at radius 2 is 1.55 bits per heavy atom. The molecule has 1 atom stereocenters. The van der Waals surface area contributed by atoms with Crippen LogP contribution in [0.1, 0.15) is 48.0 Å². The summed E-state index contributed by atoms with van der Waals surface area (Å²) in [6.07, 6.45) is 5.34. The van der Waals surface area contributed by atoms with Crippen molar-refractivity contribution in [3.63, 3.8) is 0 Å². The summed E-state index contributed by atoms with van der Waals surface area (Å²) in [6, 6.07) is 16.3. The molecule has 6 heteroatoms. The number of hydrogen-bond donors (Lipinski definition) is 2. The van der Waals surface area contributed by atoms with E-state index in [0.29, 0.717) is 12.0 Å². The van der Waals surface area contributed by atoms with E-state index in [1.807, 2.05) is 36.4 Å². The van der Waals surface area contributed by atoms with Crippen LogP contribution in [0.25, 0.3) is 11.1 Å². The summed E-state index contributed by atoms with van der Waals surface area (Å²) in [6.45, 7) is 0. The van der Waals surface area contributed by atoms with Crippen molar-refractivity contribution >= 4 is 11.8 Å². The molecule has 0 aromatic heterocycles. The molecule has 2 aromatic rings. The van der Waals surface area contributed by atoms with Gasteiger partial charge in [-0.15, -0.1) is 0 Å². The van der Waals surface area contributed by atoms with Gasteiger partial charge in [0.1, 0.15) is 6.04 Å². The van der Waals surface area contributed by atoms with Gasteiger partial charge in [-0.1, -0.05) is 55.7 Å². The molecule has 3 rings (SSSR count). The third-order valence-electron chi connectivity index (χ3n) is 5.58. The highest BCUT2D eigenvalue weighted by Crippen LogP contribution is 2.26. The molecular formula is C23H26N4O2. The molecule has 0 unspecified atom stereocenters. The van der Waals surface area contributed by atoms with Gasteiger partial charge in [0.25, 0.3) is 0 Å². The fourth-order valence-corrected chi connectivity index (χ4v) is 3.80. The van der Waals surface area contributed by atoms with Crippen molar-refractivity contribution in [2.45, 2.75) is 44.6 Å². The molecular weight excluding hydrogens is 364 g/mol. The number of carbonyl (C=O) groups is 2. The Bertz CT molecular complexity index is 894. The van der Waals surface area contributed by atoms with Gasteiger partial charge in [-0.05, 0) is 41.7 Å². The summed E-state index contributed by atoms with van der Waals surface area (Å²) < 4.78 is 0. The smallest absolute Gasteiger partial charge is 0.248 e. The quantitative estimate of drug-likeness (QED) is 0.448. The van der Waals surface area contributed by atoms with Crippen LogP contribution < -0.4 is 11.6 Å². The van der Waals surface area contributed by atoms with Crippen molar-refractivity contribution in [3.8, 4) is 17.2 Å². The van der Waals surface area contributed by atoms with E-state index in [9.17, 15) is 14.9 Å². The molecule has 0 spiro atoms. The summed E-state index contributed by atoms with van der Waals surface area (Å²) >= 11 is 0. The minimum absolute atomic E-state index is 0.0599. The number of nitrogens with two attached hydrogens (primary N) is 2. The van der Waals surface area contributed by atoms with Crippen LogP contribution in [0.4, 0.5) is 0 Å². The van der Waals surface area contributed by atoms with E-state index in [2.05, 4.69) is 6.07 Å². The van der Waals surface area contributed by atoms with Crippen LogP contribution in [0.5, 0.6) is 0 Å². The van der Waals surface area contributed by atoms with Crippen LogP contribution in [0.15, 0.2) is 48.5 Å². The first-order valence-corrected chi connectivity index (χ1v) is 9.96. The summed E-state index contributed by atoms with van der Waals surface area (Å²) in [5.41, 5.74) is 8.62. The molecule has 4 N–H and O–H groups in total. The Hall–Kier alpha value is -3.17. The molecule has 150 valence electrons. The third-order valence-corrected chi connectivity index (χ3v) is 5.58. The number of nitrogens with zero attached hydrogens (tertiary/aromatic N) is 2. The average molecular weight is 390 g/mol. The number of primary amides is 1. The first kappa shape index (κ1) is 20.6. The number of hydrazine groups is 1. The maximum Gasteiger partial charge on any atom is 0.248 e. The topological polar surface area (TPSA) is 113 Å². The minimum Gasteiger partial charge on any atom is -0.366 e. The van der Waals surface area contributed by atoms with Crippen molar-refractivity contribution in [1.82, 2.24) is 5.01 Å². The monoisotopic (exact) mass is 390 g/mol. The van der Waals surface area contributed by atoms with Gasteiger partial charge in [-0.2, -0.15) is 5.26 Å². The van der Waals surface area contributed by atoms with Crippen LogP contribution >= 0.6 is 0 Å². The fraction of sp³-hybridized carbons (Fsp3) is 0.348. The van der Waals surface area contributed by atoms with Gasteiger partial charge in [-0.3, -0.25) is 14.6 Å². The van der Waals surface area contributed by atoms with Gasteiger partial charge in [0.05, 0.1) is 6.07 Å². The van der Waals surface area contributed by atoms with Crippen LogP contribution in [0, 0.1) is 17.2 Å². The van der Waals surface area contributed by atoms with Crippen LogP contribution in [0.3, 0.4) is 0 Å². The Kier molecular flexibility index (Phi) is 6.63. The van der Waals surface area contributed by atoms with Crippen molar-refractivity contribution in [2.24, 2.45) is 17.5 Å². The first-order chi connectivity index (χ1) is 14.0. The lowest BCUT2D eigenvalue weighted by atomic mass is 9.88. The van der Waals surface area contributed by atoms with E-state index in [0.717, 1.165) is 53.8 Å². The van der Waals surface area contributed by atoms with Crippen molar-refractivity contribution in [2.75, 3.05) is 0 Å². The van der Waals surface area contributed by atoms with Crippen LogP contribution in [0.2, 0.25) is 0 Å². The number of benzene rings is 2. The lowest BCUT2D eigenvalue weighted by Gasteiger charge is -2.28. The highest BCUT2D eigenvalue weighted by molar-refractivity contribution is 5.93. The maximum absolute atomic E-state index is 12.6. The Labute approximate surface area is 171 Å². The van der Waals surface area contributed by atoms with Crippen molar-refractivity contribution in [1.29, 1.82) is 5.26 Å². The van der Waals surface area contributed by atoms with Gasteiger partial charge in [-0.25, -0.2) is 5.84 Å². The summed E-state index contributed by atoms with van der Waals surface area (Å²) in [5, 5.41) is 10.7. The number of carbonyl (C=O) groups excluding carboxylic acids is 2. The largest absolute Gasteiger partial charge is 0.366 e. The van der Waals surface area contributed by atoms with Gasteiger partial charge in [0.15, 0.2) is 0 Å². The zero-order chi connectivity index (χ0) is 20.8. The Balaban J connectivity index is 1.66. The van der Waals surface area contributed by atoms with E-state index >= 15 is 0 Å². The highest BCUT2D eigenvalue weighted by Gasteiger charge is 2.29. The highest BCUT2D eigenvalue weighted by atomic mass is 16.2. The standard InChI is InChI=1S/C23H26N4O2/c24-15-21(27(26)23(29)20-4-2-1-3-5-20)14-16-6-8-17(9-7-16)18-10-12-19(13-11-18)22(25)28/h6-13,20-21H,1-5,14,26H2,(H2,25,28)/t21-/m0/s1. The lowest BCUT2D eigenvalue weighted by molar-refractivity contribution is -0.138. The number of amides is 2. The SMILES string of the molecule is N#C[C@H](Cc1ccc(-c2ccc(C(N)=O)cc2)cc1)N(N)C(=O)C1CCCCC1. The summed E-state index contributed by atoms with van der Waals surface area (Å²) in [5.74, 6) is 5.40. The predicted octanol–water partition coefficient (Wildman–Crippen LogP) is 3.17. The molecule has 1 saturated carbocycles. The van der Waals surface area contributed by atoms with E-state index in [1.54, 1.807) is 12.1 Å². The summed E-state index contributed by atoms with van der Waals surface area (Å²) in [7, 11) is 0. The number of hydrogen-bond acceptors (Lipinski definition) is 4. The van der Waals surface area contributed by atoms with E-state index < -0.39 is 11.9 Å². The molecule has 1 aliphatic carbocycles. The molecule has 2 amide bonds. The predicted molar refractivity (Wildman–Crippen MR) is 111 cm³/mol. The van der Waals surface area contributed by atoms with Gasteiger partial charge >= 0.3 is 0 Å². The molecule has 0 aliphatic heterocycles. The normalized spacial score (nSPS) is 15.3. The van der Waals surface area contributed by atoms with E-state index in [-0.39, 0.29) is 11.8 Å². The molecule has 1 aliphatic rings. The lowest BCUT2D eigenvalue weighted by Crippen LogP contribution is -2.49. The second kappa shape index (κ2) is 9.35. The van der Waals surface area contributed by atoms with Gasteiger partial charge in [0.2, 0.25) is 11.8 Å². The Morgan fingerprint density at radius 3 is 2.07 bits per heavy atom. The second-order valence-corrected chi connectivity index (χ2v) is 7.57. The summed E-state index contributed by atoms with van der Waals surface area (Å²) in [4.78, 5) is 23.8. The molecule has 0 radical (unpaired) electrons. The number of nitriles is 1. The molecule has 0 saturated heterocycles.